The van der Waals surface area contributed by atoms with E-state index in [4.69, 9.17) is 10.2 Å². The number of rotatable bonds is 2. The van der Waals surface area contributed by atoms with Crippen LogP contribution >= 0.6 is 15.9 Å². The van der Waals surface area contributed by atoms with Crippen LogP contribution in [0.4, 0.5) is 0 Å². The lowest BCUT2D eigenvalue weighted by Crippen LogP contribution is -2.04. The van der Waals surface area contributed by atoms with Crippen LogP contribution in [0.5, 0.6) is 0 Å². The Labute approximate surface area is 67.8 Å². The van der Waals surface area contributed by atoms with Crippen molar-refractivity contribution in [1.29, 1.82) is 0 Å². The summed E-state index contributed by atoms with van der Waals surface area (Å²) < 4.78 is 5.85. The van der Waals surface area contributed by atoms with E-state index < -0.39 is 0 Å². The van der Waals surface area contributed by atoms with Crippen LogP contribution < -0.4 is 5.73 Å². The monoisotopic (exact) mass is 201 g/mol. The van der Waals surface area contributed by atoms with E-state index in [-0.39, 0.29) is 6.04 Å². The van der Waals surface area contributed by atoms with E-state index in [9.17, 15) is 0 Å². The van der Waals surface area contributed by atoms with Gasteiger partial charge in [0.15, 0.2) is 4.67 Å². The molecule has 10 heavy (non-hydrogen) atoms. The first-order valence-corrected chi connectivity index (χ1v) is 3.66. The molecule has 0 aromatic carbocycles. The Morgan fingerprint density at radius 1 is 1.70 bits per heavy atom. The highest BCUT2D eigenvalue weighted by Gasteiger charge is 2.04. The zero-order chi connectivity index (χ0) is 7.56. The summed E-state index contributed by atoms with van der Waals surface area (Å²) in [6, 6.07) is 3.42. The molecular weight excluding hydrogens is 194 g/mol. The van der Waals surface area contributed by atoms with Gasteiger partial charge in [0.1, 0.15) is 5.76 Å². The fourth-order valence-corrected chi connectivity index (χ4v) is 0.943. The minimum Gasteiger partial charge on any atom is -0.452 e. The summed E-state index contributed by atoms with van der Waals surface area (Å²) in [6.07, 6.45) is 1.63. The molecule has 0 unspecified atom stereocenters. The zero-order valence-corrected chi connectivity index (χ0v) is 6.97. The maximum absolute atomic E-state index is 5.57. The Morgan fingerprint density at radius 3 is 2.80 bits per heavy atom. The summed E-state index contributed by atoms with van der Waals surface area (Å²) in [4.78, 5) is 0. The van der Waals surface area contributed by atoms with Crippen LogP contribution in [0, 0.1) is 0 Å². The Kier molecular flexibility index (Phi) is 2.29. The van der Waals surface area contributed by atoms with E-state index in [1.807, 2.05) is 6.07 Å². The third-order valence-corrected chi connectivity index (χ3v) is 1.60. The van der Waals surface area contributed by atoms with Gasteiger partial charge in [-0.1, -0.05) is 6.08 Å². The van der Waals surface area contributed by atoms with Crippen LogP contribution in [0.1, 0.15) is 11.8 Å². The molecule has 1 aromatic rings. The van der Waals surface area contributed by atoms with Gasteiger partial charge in [-0.25, -0.2) is 0 Å². The molecule has 2 nitrogen and oxygen atoms in total. The van der Waals surface area contributed by atoms with E-state index in [1.165, 1.54) is 0 Å². The SMILES string of the molecule is C=C[C@@H](N)c1ccc(Br)o1. The maximum Gasteiger partial charge on any atom is 0.169 e. The highest BCUT2D eigenvalue weighted by atomic mass is 79.9. The second kappa shape index (κ2) is 3.03. The van der Waals surface area contributed by atoms with Crippen molar-refractivity contribution in [2.75, 3.05) is 0 Å². The van der Waals surface area contributed by atoms with E-state index >= 15 is 0 Å². The zero-order valence-electron chi connectivity index (χ0n) is 5.38. The summed E-state index contributed by atoms with van der Waals surface area (Å²) in [5, 5.41) is 0. The molecule has 1 aromatic heterocycles. The summed E-state index contributed by atoms with van der Waals surface area (Å²) >= 11 is 3.17. The lowest BCUT2D eigenvalue weighted by Gasteiger charge is -1.98. The Hall–Kier alpha value is -0.540. The number of nitrogens with two attached hydrogens (primary N) is 1. The van der Waals surface area contributed by atoms with Crippen LogP contribution in [0.3, 0.4) is 0 Å². The van der Waals surface area contributed by atoms with E-state index in [2.05, 4.69) is 22.5 Å². The average Bonchev–Trinajstić information content (AvgIpc) is 2.34. The molecule has 0 saturated carbocycles. The van der Waals surface area contributed by atoms with E-state index in [0.29, 0.717) is 4.67 Å². The molecule has 0 spiro atoms. The Balaban J connectivity index is 2.84. The lowest BCUT2D eigenvalue weighted by atomic mass is 10.2. The van der Waals surface area contributed by atoms with Gasteiger partial charge in [-0.05, 0) is 28.1 Å². The van der Waals surface area contributed by atoms with Gasteiger partial charge >= 0.3 is 0 Å². The molecule has 0 aliphatic rings. The fourth-order valence-electron chi connectivity index (χ4n) is 0.624. The average molecular weight is 202 g/mol. The molecule has 3 heteroatoms. The fraction of sp³-hybridized carbons (Fsp3) is 0.143. The van der Waals surface area contributed by atoms with Crippen molar-refractivity contribution in [3.05, 3.63) is 35.2 Å². The van der Waals surface area contributed by atoms with Gasteiger partial charge in [0.2, 0.25) is 0 Å². The largest absolute Gasteiger partial charge is 0.452 e. The third-order valence-electron chi connectivity index (χ3n) is 1.18. The first-order chi connectivity index (χ1) is 4.74. The van der Waals surface area contributed by atoms with Crippen molar-refractivity contribution in [2.45, 2.75) is 6.04 Å². The van der Waals surface area contributed by atoms with Gasteiger partial charge in [-0.2, -0.15) is 0 Å². The minimum atomic E-state index is -0.203. The second-order valence-electron chi connectivity index (χ2n) is 1.90. The van der Waals surface area contributed by atoms with Crippen molar-refractivity contribution in [2.24, 2.45) is 5.73 Å². The second-order valence-corrected chi connectivity index (χ2v) is 2.68. The van der Waals surface area contributed by atoms with Gasteiger partial charge in [0.05, 0.1) is 6.04 Å². The first kappa shape index (κ1) is 7.57. The van der Waals surface area contributed by atoms with Gasteiger partial charge in [0.25, 0.3) is 0 Å². The smallest absolute Gasteiger partial charge is 0.169 e. The normalized spacial score (nSPS) is 13.0. The van der Waals surface area contributed by atoms with Crippen LogP contribution in [0.15, 0.2) is 33.9 Å². The van der Waals surface area contributed by atoms with E-state index in [0.717, 1.165) is 5.76 Å². The Bertz CT molecular complexity index is 231. The molecular formula is C7H8BrNO. The molecule has 1 rings (SSSR count). The predicted octanol–water partition coefficient (Wildman–Crippen LogP) is 2.23. The lowest BCUT2D eigenvalue weighted by molar-refractivity contribution is 0.474. The standard InChI is InChI=1S/C7H8BrNO/c1-2-5(9)6-3-4-7(8)10-6/h2-5H,1,9H2/t5-/m1/s1. The van der Waals surface area contributed by atoms with Crippen molar-refractivity contribution in [3.63, 3.8) is 0 Å². The first-order valence-electron chi connectivity index (χ1n) is 2.87. The number of furan rings is 1. The van der Waals surface area contributed by atoms with Gasteiger partial charge < -0.3 is 10.2 Å². The number of halogens is 1. The quantitative estimate of drug-likeness (QED) is 0.746. The molecule has 1 heterocycles. The molecule has 0 aliphatic heterocycles. The molecule has 2 N–H and O–H groups in total. The summed E-state index contributed by atoms with van der Waals surface area (Å²) in [6.45, 7) is 3.55. The van der Waals surface area contributed by atoms with Crippen LogP contribution in [0.25, 0.3) is 0 Å². The summed E-state index contributed by atoms with van der Waals surface area (Å²) in [5.41, 5.74) is 5.57. The number of hydrogen-bond donors (Lipinski definition) is 1. The van der Waals surface area contributed by atoms with Crippen LogP contribution in [-0.2, 0) is 0 Å². The van der Waals surface area contributed by atoms with Crippen molar-refractivity contribution in [3.8, 4) is 0 Å². The summed E-state index contributed by atoms with van der Waals surface area (Å²) in [7, 11) is 0. The van der Waals surface area contributed by atoms with Crippen LogP contribution in [-0.4, -0.2) is 0 Å². The Morgan fingerprint density at radius 2 is 2.40 bits per heavy atom. The topological polar surface area (TPSA) is 39.2 Å². The molecule has 0 saturated heterocycles. The van der Waals surface area contributed by atoms with E-state index in [1.54, 1.807) is 12.1 Å². The molecule has 0 fully saturated rings. The molecule has 0 amide bonds. The molecule has 0 aliphatic carbocycles. The van der Waals surface area contributed by atoms with Crippen molar-refractivity contribution >= 4 is 15.9 Å². The highest BCUT2D eigenvalue weighted by Crippen LogP contribution is 2.18. The van der Waals surface area contributed by atoms with Crippen LogP contribution in [0.2, 0.25) is 0 Å². The molecule has 0 bridgehead atoms. The third kappa shape index (κ3) is 1.49. The predicted molar refractivity (Wildman–Crippen MR) is 43.5 cm³/mol. The number of hydrogen-bond acceptors (Lipinski definition) is 2. The molecule has 1 atom stereocenters. The minimum absolute atomic E-state index is 0.203. The van der Waals surface area contributed by atoms with Gasteiger partial charge in [0, 0.05) is 0 Å². The van der Waals surface area contributed by atoms with Crippen molar-refractivity contribution in [1.82, 2.24) is 0 Å². The molecule has 54 valence electrons. The van der Waals surface area contributed by atoms with Gasteiger partial charge in [-0.15, -0.1) is 6.58 Å². The molecule has 0 radical (unpaired) electrons. The highest BCUT2D eigenvalue weighted by molar-refractivity contribution is 9.10. The van der Waals surface area contributed by atoms with Gasteiger partial charge in [-0.3, -0.25) is 0 Å². The maximum atomic E-state index is 5.57. The summed E-state index contributed by atoms with van der Waals surface area (Å²) in [5.74, 6) is 0.724. The van der Waals surface area contributed by atoms with Crippen molar-refractivity contribution < 1.29 is 4.42 Å².